The van der Waals surface area contributed by atoms with E-state index < -0.39 is 0 Å². The SMILES string of the molecule is NC1C=C(CC2Cc3cc(F)ccc3O2)CCC1. The zero-order chi connectivity index (χ0) is 12.5. The lowest BCUT2D eigenvalue weighted by atomic mass is 9.91. The Hall–Kier alpha value is -1.35. The molecular weight excluding hydrogens is 229 g/mol. The summed E-state index contributed by atoms with van der Waals surface area (Å²) in [5, 5.41) is 0. The monoisotopic (exact) mass is 247 g/mol. The second-order valence-electron chi connectivity index (χ2n) is 5.28. The van der Waals surface area contributed by atoms with Crippen LogP contribution < -0.4 is 10.5 Å². The van der Waals surface area contributed by atoms with E-state index in [1.54, 1.807) is 12.1 Å². The highest BCUT2D eigenvalue weighted by Gasteiger charge is 2.24. The van der Waals surface area contributed by atoms with Crippen LogP contribution in [0.5, 0.6) is 5.75 Å². The highest BCUT2D eigenvalue weighted by atomic mass is 19.1. The first-order valence-corrected chi connectivity index (χ1v) is 6.61. The minimum absolute atomic E-state index is 0.151. The van der Waals surface area contributed by atoms with E-state index in [9.17, 15) is 4.39 Å². The largest absolute Gasteiger partial charge is 0.489 e. The predicted octanol–water partition coefficient (Wildman–Crippen LogP) is 2.96. The van der Waals surface area contributed by atoms with Crippen molar-refractivity contribution in [3.63, 3.8) is 0 Å². The van der Waals surface area contributed by atoms with E-state index in [2.05, 4.69) is 6.08 Å². The van der Waals surface area contributed by atoms with Gasteiger partial charge in [0.05, 0.1) is 0 Å². The first kappa shape index (κ1) is 11.7. The molecule has 0 aromatic heterocycles. The van der Waals surface area contributed by atoms with Crippen molar-refractivity contribution in [3.05, 3.63) is 41.2 Å². The second-order valence-corrected chi connectivity index (χ2v) is 5.28. The second kappa shape index (κ2) is 4.73. The molecule has 2 N–H and O–H groups in total. The van der Waals surface area contributed by atoms with Gasteiger partial charge in [0.15, 0.2) is 0 Å². The summed E-state index contributed by atoms with van der Waals surface area (Å²) in [5.41, 5.74) is 8.32. The zero-order valence-electron chi connectivity index (χ0n) is 10.4. The average molecular weight is 247 g/mol. The van der Waals surface area contributed by atoms with Gasteiger partial charge >= 0.3 is 0 Å². The molecule has 1 aliphatic carbocycles. The van der Waals surface area contributed by atoms with E-state index in [-0.39, 0.29) is 18.0 Å². The summed E-state index contributed by atoms with van der Waals surface area (Å²) in [6.07, 6.45) is 7.43. The lowest BCUT2D eigenvalue weighted by Gasteiger charge is -2.20. The van der Waals surface area contributed by atoms with Crippen LogP contribution in [0.4, 0.5) is 4.39 Å². The zero-order valence-corrected chi connectivity index (χ0v) is 10.4. The molecule has 0 fully saturated rings. The minimum atomic E-state index is -0.183. The summed E-state index contributed by atoms with van der Waals surface area (Å²) in [6.45, 7) is 0. The fourth-order valence-electron chi connectivity index (χ4n) is 2.90. The molecule has 1 heterocycles. The number of halogens is 1. The molecule has 2 atom stereocenters. The number of fused-ring (bicyclic) bond motifs is 1. The van der Waals surface area contributed by atoms with Crippen LogP contribution in [0.3, 0.4) is 0 Å². The molecule has 1 aromatic carbocycles. The normalized spacial score (nSPS) is 26.4. The summed E-state index contributed by atoms with van der Waals surface area (Å²) in [7, 11) is 0. The number of hydrogen-bond acceptors (Lipinski definition) is 2. The molecule has 2 nitrogen and oxygen atoms in total. The van der Waals surface area contributed by atoms with Crippen molar-refractivity contribution in [3.8, 4) is 5.75 Å². The third kappa shape index (κ3) is 2.41. The van der Waals surface area contributed by atoms with Gasteiger partial charge in [-0.15, -0.1) is 0 Å². The molecule has 3 rings (SSSR count). The minimum Gasteiger partial charge on any atom is -0.489 e. The molecule has 0 spiro atoms. The van der Waals surface area contributed by atoms with E-state index in [1.165, 1.54) is 18.1 Å². The number of hydrogen-bond donors (Lipinski definition) is 1. The maximum absolute atomic E-state index is 13.1. The Balaban J connectivity index is 1.67. The summed E-state index contributed by atoms with van der Waals surface area (Å²) >= 11 is 0. The van der Waals surface area contributed by atoms with Gasteiger partial charge in [0.25, 0.3) is 0 Å². The van der Waals surface area contributed by atoms with Gasteiger partial charge in [-0.2, -0.15) is 0 Å². The van der Waals surface area contributed by atoms with E-state index in [0.717, 1.165) is 37.0 Å². The highest BCUT2D eigenvalue weighted by molar-refractivity contribution is 5.38. The molecule has 0 saturated carbocycles. The van der Waals surface area contributed by atoms with Crippen LogP contribution >= 0.6 is 0 Å². The van der Waals surface area contributed by atoms with E-state index >= 15 is 0 Å². The molecule has 0 bridgehead atoms. The maximum atomic E-state index is 13.1. The lowest BCUT2D eigenvalue weighted by molar-refractivity contribution is 0.230. The van der Waals surface area contributed by atoms with Crippen LogP contribution in [0.1, 0.15) is 31.2 Å². The third-order valence-electron chi connectivity index (χ3n) is 3.74. The van der Waals surface area contributed by atoms with Gasteiger partial charge in [-0.3, -0.25) is 0 Å². The molecule has 2 unspecified atom stereocenters. The van der Waals surface area contributed by atoms with Gasteiger partial charge in [-0.05, 0) is 37.5 Å². The standard InChI is InChI=1S/C15H18FNO/c16-12-4-5-15-11(8-12)9-14(18-15)7-10-2-1-3-13(17)6-10/h4-6,8,13-14H,1-3,7,9,17H2. The van der Waals surface area contributed by atoms with Crippen LogP contribution in [0.25, 0.3) is 0 Å². The van der Waals surface area contributed by atoms with Gasteiger partial charge in [0, 0.05) is 24.4 Å². The third-order valence-corrected chi connectivity index (χ3v) is 3.74. The summed E-state index contributed by atoms with van der Waals surface area (Å²) in [4.78, 5) is 0. The fourth-order valence-corrected chi connectivity index (χ4v) is 2.90. The molecule has 1 aliphatic heterocycles. The van der Waals surface area contributed by atoms with E-state index in [4.69, 9.17) is 10.5 Å². The Morgan fingerprint density at radius 1 is 1.39 bits per heavy atom. The molecule has 0 saturated heterocycles. The molecule has 96 valence electrons. The quantitative estimate of drug-likeness (QED) is 0.815. The van der Waals surface area contributed by atoms with Crippen molar-refractivity contribution in [2.75, 3.05) is 0 Å². The van der Waals surface area contributed by atoms with Gasteiger partial charge in [0.1, 0.15) is 17.7 Å². The average Bonchev–Trinajstić information content (AvgIpc) is 2.70. The van der Waals surface area contributed by atoms with Gasteiger partial charge < -0.3 is 10.5 Å². The molecule has 0 radical (unpaired) electrons. The molecular formula is C15H18FNO. The molecule has 2 aliphatic rings. The first-order valence-electron chi connectivity index (χ1n) is 6.61. The molecule has 1 aromatic rings. The maximum Gasteiger partial charge on any atom is 0.123 e. The summed E-state index contributed by atoms with van der Waals surface area (Å²) in [5.74, 6) is 0.652. The van der Waals surface area contributed by atoms with Gasteiger partial charge in [0.2, 0.25) is 0 Å². The van der Waals surface area contributed by atoms with Crippen molar-refractivity contribution in [1.29, 1.82) is 0 Å². The van der Waals surface area contributed by atoms with E-state index in [1.807, 2.05) is 0 Å². The Morgan fingerprint density at radius 2 is 2.28 bits per heavy atom. The Morgan fingerprint density at radius 3 is 3.11 bits per heavy atom. The summed E-state index contributed by atoms with van der Waals surface area (Å²) in [6, 6.07) is 4.97. The van der Waals surface area contributed by atoms with Gasteiger partial charge in [-0.25, -0.2) is 4.39 Å². The van der Waals surface area contributed by atoms with Crippen LogP contribution in [-0.4, -0.2) is 12.1 Å². The number of ether oxygens (including phenoxy) is 1. The lowest BCUT2D eigenvalue weighted by Crippen LogP contribution is -2.22. The van der Waals surface area contributed by atoms with Crippen LogP contribution in [0, 0.1) is 5.82 Å². The Kier molecular flexibility index (Phi) is 3.08. The van der Waals surface area contributed by atoms with Crippen molar-refractivity contribution in [2.24, 2.45) is 5.73 Å². The van der Waals surface area contributed by atoms with Crippen LogP contribution in [0.2, 0.25) is 0 Å². The Bertz CT molecular complexity index is 483. The first-order chi connectivity index (χ1) is 8.70. The topological polar surface area (TPSA) is 35.2 Å². The van der Waals surface area contributed by atoms with Crippen molar-refractivity contribution >= 4 is 0 Å². The van der Waals surface area contributed by atoms with Crippen molar-refractivity contribution in [1.82, 2.24) is 0 Å². The highest BCUT2D eigenvalue weighted by Crippen LogP contribution is 2.33. The van der Waals surface area contributed by atoms with Crippen molar-refractivity contribution < 1.29 is 9.13 Å². The number of benzene rings is 1. The Labute approximate surface area is 107 Å². The predicted molar refractivity (Wildman–Crippen MR) is 69.0 cm³/mol. The van der Waals surface area contributed by atoms with Crippen LogP contribution in [0.15, 0.2) is 29.8 Å². The fraction of sp³-hybridized carbons (Fsp3) is 0.467. The number of rotatable bonds is 2. The molecule has 18 heavy (non-hydrogen) atoms. The van der Waals surface area contributed by atoms with E-state index in [0.29, 0.717) is 0 Å². The van der Waals surface area contributed by atoms with Gasteiger partial charge in [-0.1, -0.05) is 11.6 Å². The smallest absolute Gasteiger partial charge is 0.123 e. The molecule has 3 heteroatoms. The van der Waals surface area contributed by atoms with Crippen LogP contribution in [-0.2, 0) is 6.42 Å². The molecule has 0 amide bonds. The summed E-state index contributed by atoms with van der Waals surface area (Å²) < 4.78 is 19.0. The van der Waals surface area contributed by atoms with Crippen molar-refractivity contribution in [2.45, 2.75) is 44.2 Å². The number of nitrogens with two attached hydrogens (primary N) is 1.